The summed E-state index contributed by atoms with van der Waals surface area (Å²) >= 11 is 0. The van der Waals surface area contributed by atoms with E-state index in [9.17, 15) is 9.18 Å². The van der Waals surface area contributed by atoms with Gasteiger partial charge in [0.05, 0.1) is 0 Å². The van der Waals surface area contributed by atoms with Crippen molar-refractivity contribution in [3.05, 3.63) is 71.0 Å². The Morgan fingerprint density at radius 1 is 0.955 bits per heavy atom. The molecule has 0 bridgehead atoms. The van der Waals surface area contributed by atoms with Crippen molar-refractivity contribution in [2.24, 2.45) is 5.41 Å². The summed E-state index contributed by atoms with van der Waals surface area (Å²) in [6.07, 6.45) is 0.956. The largest absolute Gasteiger partial charge is 0.295 e. The van der Waals surface area contributed by atoms with E-state index in [0.29, 0.717) is 0 Å². The van der Waals surface area contributed by atoms with Crippen molar-refractivity contribution in [3.63, 3.8) is 0 Å². The summed E-state index contributed by atoms with van der Waals surface area (Å²) < 4.78 is 13.2. The summed E-state index contributed by atoms with van der Waals surface area (Å²) in [5, 5.41) is 0. The fourth-order valence-corrected chi connectivity index (χ4v) is 2.69. The maximum absolute atomic E-state index is 13.2. The van der Waals surface area contributed by atoms with E-state index in [-0.39, 0.29) is 22.9 Å². The molecule has 0 spiro atoms. The van der Waals surface area contributed by atoms with Gasteiger partial charge in [-0.05, 0) is 42.0 Å². The van der Waals surface area contributed by atoms with Gasteiger partial charge in [-0.25, -0.2) is 4.39 Å². The van der Waals surface area contributed by atoms with Crippen LogP contribution in [0.2, 0.25) is 0 Å². The van der Waals surface area contributed by atoms with Gasteiger partial charge in [0.2, 0.25) is 0 Å². The van der Waals surface area contributed by atoms with Gasteiger partial charge < -0.3 is 0 Å². The van der Waals surface area contributed by atoms with E-state index in [4.69, 9.17) is 0 Å². The predicted molar refractivity (Wildman–Crippen MR) is 88.8 cm³/mol. The molecule has 2 heteroatoms. The fraction of sp³-hybridized carbons (Fsp3) is 0.350. The lowest BCUT2D eigenvalue weighted by molar-refractivity contribution is 0.101. The van der Waals surface area contributed by atoms with Gasteiger partial charge >= 0.3 is 0 Å². The van der Waals surface area contributed by atoms with Gasteiger partial charge in [-0.15, -0.1) is 0 Å². The van der Waals surface area contributed by atoms with Crippen molar-refractivity contribution in [1.29, 1.82) is 0 Å². The van der Waals surface area contributed by atoms with Gasteiger partial charge in [0, 0.05) is 11.5 Å². The molecule has 22 heavy (non-hydrogen) atoms. The Balaban J connectivity index is 2.39. The van der Waals surface area contributed by atoms with Gasteiger partial charge in [-0.3, -0.25) is 4.79 Å². The molecule has 0 heterocycles. The van der Waals surface area contributed by atoms with E-state index >= 15 is 0 Å². The first-order valence-electron chi connectivity index (χ1n) is 7.62. The van der Waals surface area contributed by atoms with Crippen molar-refractivity contribution in [3.8, 4) is 0 Å². The molecule has 0 N–H and O–H groups in total. The minimum atomic E-state index is -0.217. The van der Waals surface area contributed by atoms with E-state index in [1.807, 2.05) is 36.4 Å². The number of benzene rings is 2. The average Bonchev–Trinajstić information content (AvgIpc) is 2.45. The Kier molecular flexibility index (Phi) is 4.80. The van der Waals surface area contributed by atoms with Crippen LogP contribution in [0.1, 0.15) is 61.5 Å². The third-order valence-corrected chi connectivity index (χ3v) is 3.81. The molecule has 0 saturated heterocycles. The van der Waals surface area contributed by atoms with Crippen LogP contribution >= 0.6 is 0 Å². The Morgan fingerprint density at radius 2 is 1.41 bits per heavy atom. The van der Waals surface area contributed by atoms with Crippen LogP contribution in [-0.4, -0.2) is 5.78 Å². The highest BCUT2D eigenvalue weighted by molar-refractivity contribution is 5.94. The predicted octanol–water partition coefficient (Wildman–Crippen LogP) is 5.60. The van der Waals surface area contributed by atoms with Crippen LogP contribution in [0.15, 0.2) is 48.5 Å². The zero-order valence-corrected chi connectivity index (χ0v) is 13.7. The number of halogens is 1. The smallest absolute Gasteiger partial charge is 0.159 e. The quantitative estimate of drug-likeness (QED) is 0.672. The average molecular weight is 298 g/mol. The molecule has 0 fully saturated rings. The van der Waals surface area contributed by atoms with Gasteiger partial charge in [-0.1, -0.05) is 57.2 Å². The second kappa shape index (κ2) is 6.43. The Bertz CT molecular complexity index is 633. The zero-order valence-electron chi connectivity index (χ0n) is 13.7. The summed E-state index contributed by atoms with van der Waals surface area (Å²) in [5.74, 6) is 0.0486. The molecule has 2 aromatic carbocycles. The standard InChI is InChI=1S/C20H23FO/c1-14(22)15-5-7-16(8-6-15)19(13-20(2,3)4)17-9-11-18(21)12-10-17/h5-12,19H,13H2,1-4H3. The second-order valence-electron chi connectivity index (χ2n) is 7.05. The Labute approximate surface area is 132 Å². The van der Waals surface area contributed by atoms with Crippen LogP contribution in [0.4, 0.5) is 4.39 Å². The Hall–Kier alpha value is -1.96. The van der Waals surface area contributed by atoms with E-state index in [2.05, 4.69) is 20.8 Å². The third kappa shape index (κ3) is 4.27. The lowest BCUT2D eigenvalue weighted by atomic mass is 9.78. The molecule has 2 rings (SSSR count). The normalized spacial score (nSPS) is 13.0. The molecule has 0 saturated carbocycles. The van der Waals surface area contributed by atoms with Crippen LogP contribution in [-0.2, 0) is 0 Å². The molecule has 1 unspecified atom stereocenters. The SMILES string of the molecule is CC(=O)c1ccc(C(CC(C)(C)C)c2ccc(F)cc2)cc1. The summed E-state index contributed by atoms with van der Waals surface area (Å²) in [4.78, 5) is 11.4. The van der Waals surface area contributed by atoms with Gasteiger partial charge in [0.1, 0.15) is 5.82 Å². The molecule has 0 aliphatic carbocycles. The number of ketones is 1. The van der Waals surface area contributed by atoms with Crippen molar-refractivity contribution in [1.82, 2.24) is 0 Å². The van der Waals surface area contributed by atoms with Crippen LogP contribution in [0.3, 0.4) is 0 Å². The summed E-state index contributed by atoms with van der Waals surface area (Å²) in [7, 11) is 0. The van der Waals surface area contributed by atoms with E-state index < -0.39 is 0 Å². The molecular weight excluding hydrogens is 275 g/mol. The molecule has 1 nitrogen and oxygen atoms in total. The first-order valence-corrected chi connectivity index (χ1v) is 7.62. The molecule has 0 aromatic heterocycles. The first kappa shape index (κ1) is 16.4. The molecule has 1 atom stereocenters. The molecule has 0 aliphatic rings. The number of carbonyl (C=O) groups is 1. The highest BCUT2D eigenvalue weighted by Gasteiger charge is 2.22. The van der Waals surface area contributed by atoms with Crippen molar-refractivity contribution in [2.45, 2.75) is 40.0 Å². The maximum atomic E-state index is 13.2. The molecule has 116 valence electrons. The number of carbonyl (C=O) groups excluding carboxylic acids is 1. The topological polar surface area (TPSA) is 17.1 Å². The van der Waals surface area contributed by atoms with Gasteiger partial charge in [0.15, 0.2) is 5.78 Å². The van der Waals surface area contributed by atoms with Gasteiger partial charge in [-0.2, -0.15) is 0 Å². The maximum Gasteiger partial charge on any atom is 0.159 e. The number of rotatable bonds is 4. The minimum Gasteiger partial charge on any atom is -0.295 e. The summed E-state index contributed by atoms with van der Waals surface area (Å²) in [5.41, 5.74) is 3.13. The lowest BCUT2D eigenvalue weighted by Crippen LogP contribution is -2.13. The van der Waals surface area contributed by atoms with Crippen LogP contribution in [0.5, 0.6) is 0 Å². The number of hydrogen-bond donors (Lipinski definition) is 0. The summed E-state index contributed by atoms with van der Waals surface area (Å²) in [6, 6.07) is 14.5. The fourth-order valence-electron chi connectivity index (χ4n) is 2.69. The first-order chi connectivity index (χ1) is 10.3. The van der Waals surface area contributed by atoms with Crippen LogP contribution in [0, 0.1) is 11.2 Å². The molecular formula is C20H23FO. The monoisotopic (exact) mass is 298 g/mol. The minimum absolute atomic E-state index is 0.0701. The Morgan fingerprint density at radius 3 is 1.82 bits per heavy atom. The zero-order chi connectivity index (χ0) is 16.3. The van der Waals surface area contributed by atoms with Crippen LogP contribution < -0.4 is 0 Å². The lowest BCUT2D eigenvalue weighted by Gasteiger charge is -2.27. The van der Waals surface area contributed by atoms with Crippen molar-refractivity contribution >= 4 is 5.78 Å². The van der Waals surface area contributed by atoms with Crippen LogP contribution in [0.25, 0.3) is 0 Å². The van der Waals surface area contributed by atoms with Gasteiger partial charge in [0.25, 0.3) is 0 Å². The van der Waals surface area contributed by atoms with E-state index in [1.54, 1.807) is 6.92 Å². The van der Waals surface area contributed by atoms with Crippen molar-refractivity contribution < 1.29 is 9.18 Å². The van der Waals surface area contributed by atoms with E-state index in [0.717, 1.165) is 23.1 Å². The summed E-state index contributed by atoms with van der Waals surface area (Å²) in [6.45, 7) is 8.18. The van der Waals surface area contributed by atoms with Crippen molar-refractivity contribution in [2.75, 3.05) is 0 Å². The molecule has 0 aliphatic heterocycles. The highest BCUT2D eigenvalue weighted by Crippen LogP contribution is 2.36. The highest BCUT2D eigenvalue weighted by atomic mass is 19.1. The number of Topliss-reactive ketones (excluding diaryl/α,β-unsaturated/α-hetero) is 1. The number of hydrogen-bond acceptors (Lipinski definition) is 1. The molecule has 0 radical (unpaired) electrons. The third-order valence-electron chi connectivity index (χ3n) is 3.81. The van der Waals surface area contributed by atoms with E-state index in [1.165, 1.54) is 12.1 Å². The molecule has 2 aromatic rings. The second-order valence-corrected chi connectivity index (χ2v) is 7.05. The molecule has 0 amide bonds.